The van der Waals surface area contributed by atoms with E-state index in [0.29, 0.717) is 0 Å². The minimum atomic E-state index is -0.948. The molecule has 0 radical (unpaired) electrons. The van der Waals surface area contributed by atoms with Gasteiger partial charge in [-0.15, -0.1) is 0 Å². The third-order valence-electron chi connectivity index (χ3n) is 3.11. The second kappa shape index (κ2) is 17.9. The summed E-state index contributed by atoms with van der Waals surface area (Å²) in [6, 6.07) is 0. The van der Waals surface area contributed by atoms with E-state index in [2.05, 4.69) is 55.5 Å². The fourth-order valence-electron chi connectivity index (χ4n) is 1.79. The van der Waals surface area contributed by atoms with Gasteiger partial charge in [0.1, 0.15) is 0 Å². The molecule has 0 amide bonds. The Morgan fingerprint density at radius 2 is 1.16 bits per heavy atom. The molecule has 0 unspecified atom stereocenters. The highest BCUT2D eigenvalue weighted by atomic mass is 16.4. The molecule has 0 aliphatic heterocycles. The fourth-order valence-corrected chi connectivity index (χ4v) is 1.79. The largest absolute Gasteiger partial charge is 0.481 e. The number of hydrogen-bond donors (Lipinski definition) is 1. The van der Waals surface area contributed by atoms with E-state index in [9.17, 15) is 9.59 Å². The maximum absolute atomic E-state index is 11.3. The van der Waals surface area contributed by atoms with Crippen LogP contribution in [0, 0.1) is 0 Å². The van der Waals surface area contributed by atoms with Gasteiger partial charge in [-0.2, -0.15) is 0 Å². The summed E-state index contributed by atoms with van der Waals surface area (Å²) in [5, 5.41) is 8.47. The molecular weight excluding hydrogens is 312 g/mol. The molecule has 3 nitrogen and oxygen atoms in total. The Bertz CT molecular complexity index is 531. The Hall–Kier alpha value is -2.42. The Kier molecular flexibility index (Phi) is 16.2. The zero-order valence-corrected chi connectivity index (χ0v) is 15.1. The molecule has 0 fully saturated rings. The van der Waals surface area contributed by atoms with Crippen LogP contribution in [0.1, 0.15) is 51.9 Å². The van der Waals surface area contributed by atoms with Crippen molar-refractivity contribution in [3.8, 4) is 0 Å². The maximum atomic E-state index is 11.3. The van der Waals surface area contributed by atoms with Crippen molar-refractivity contribution < 1.29 is 14.7 Å². The van der Waals surface area contributed by atoms with Crippen LogP contribution in [-0.2, 0) is 9.59 Å². The number of carbonyl (C=O) groups is 2. The van der Waals surface area contributed by atoms with Crippen LogP contribution in [0.4, 0.5) is 0 Å². The molecule has 0 bridgehead atoms. The van der Waals surface area contributed by atoms with Crippen molar-refractivity contribution in [1.29, 1.82) is 0 Å². The zero-order chi connectivity index (χ0) is 18.6. The third kappa shape index (κ3) is 19.5. The smallest absolute Gasteiger partial charge is 0.303 e. The first-order chi connectivity index (χ1) is 12.2. The van der Waals surface area contributed by atoms with Gasteiger partial charge in [-0.25, -0.2) is 0 Å². The van der Waals surface area contributed by atoms with Crippen molar-refractivity contribution in [2.75, 3.05) is 0 Å². The van der Waals surface area contributed by atoms with Crippen LogP contribution in [0.2, 0.25) is 0 Å². The van der Waals surface area contributed by atoms with E-state index in [1.165, 1.54) is 6.08 Å². The van der Waals surface area contributed by atoms with Crippen molar-refractivity contribution in [1.82, 2.24) is 0 Å². The average Bonchev–Trinajstić information content (AvgIpc) is 2.59. The number of carboxylic acid groups (broad SMARTS) is 1. The van der Waals surface area contributed by atoms with Gasteiger partial charge in [-0.1, -0.05) is 73.8 Å². The number of rotatable bonds is 14. The molecule has 0 heterocycles. The Morgan fingerprint density at radius 3 is 1.64 bits per heavy atom. The summed E-state index contributed by atoms with van der Waals surface area (Å²) in [6.07, 6.45) is 28.7. The average molecular weight is 342 g/mol. The van der Waals surface area contributed by atoms with Gasteiger partial charge in [0.05, 0.1) is 6.42 Å². The van der Waals surface area contributed by atoms with Gasteiger partial charge in [-0.05, 0) is 38.2 Å². The molecule has 1 N–H and O–H groups in total. The van der Waals surface area contributed by atoms with Crippen LogP contribution in [-0.4, -0.2) is 16.9 Å². The molecular formula is C22H30O3. The molecule has 25 heavy (non-hydrogen) atoms. The van der Waals surface area contributed by atoms with Gasteiger partial charge < -0.3 is 5.11 Å². The minimum Gasteiger partial charge on any atom is -0.481 e. The lowest BCUT2D eigenvalue weighted by molar-refractivity contribution is -0.138. The van der Waals surface area contributed by atoms with E-state index < -0.39 is 5.97 Å². The number of aliphatic carboxylic acids is 1. The highest BCUT2D eigenvalue weighted by Gasteiger charge is 2.00. The number of ketones is 1. The lowest BCUT2D eigenvalue weighted by atomic mass is 10.2. The van der Waals surface area contributed by atoms with Crippen molar-refractivity contribution in [3.05, 3.63) is 72.9 Å². The first kappa shape index (κ1) is 22.6. The van der Waals surface area contributed by atoms with Crippen LogP contribution >= 0.6 is 0 Å². The summed E-state index contributed by atoms with van der Waals surface area (Å²) in [6.45, 7) is 2.13. The Labute approximate surface area is 151 Å². The Morgan fingerprint density at radius 1 is 0.680 bits per heavy atom. The Balaban J connectivity index is 3.68. The number of hydrogen-bond acceptors (Lipinski definition) is 2. The lowest BCUT2D eigenvalue weighted by Gasteiger charge is -1.89. The monoisotopic (exact) mass is 342 g/mol. The van der Waals surface area contributed by atoms with Crippen LogP contribution < -0.4 is 0 Å². The SMILES string of the molecule is CC/C=C\C/C=C\C/C=C\C/C=C/C/C=C\C=C\C(=O)CCC(=O)O. The molecule has 3 heteroatoms. The topological polar surface area (TPSA) is 54.4 Å². The van der Waals surface area contributed by atoms with Crippen molar-refractivity contribution >= 4 is 11.8 Å². The maximum Gasteiger partial charge on any atom is 0.303 e. The molecule has 0 aromatic rings. The summed E-state index contributed by atoms with van der Waals surface area (Å²) >= 11 is 0. The summed E-state index contributed by atoms with van der Waals surface area (Å²) < 4.78 is 0. The van der Waals surface area contributed by atoms with Crippen molar-refractivity contribution in [2.45, 2.75) is 51.9 Å². The molecule has 0 aromatic carbocycles. The van der Waals surface area contributed by atoms with E-state index in [0.717, 1.165) is 32.1 Å². The van der Waals surface area contributed by atoms with Crippen LogP contribution in [0.15, 0.2) is 72.9 Å². The third-order valence-corrected chi connectivity index (χ3v) is 3.11. The van der Waals surface area contributed by atoms with Gasteiger partial charge in [0.15, 0.2) is 5.78 Å². The van der Waals surface area contributed by atoms with Crippen LogP contribution in [0.5, 0.6) is 0 Å². The van der Waals surface area contributed by atoms with Crippen LogP contribution in [0.3, 0.4) is 0 Å². The highest BCUT2D eigenvalue weighted by molar-refractivity contribution is 5.91. The highest BCUT2D eigenvalue weighted by Crippen LogP contribution is 1.96. The number of allylic oxidation sites excluding steroid dienone is 12. The molecule has 0 atom stereocenters. The van der Waals surface area contributed by atoms with Gasteiger partial charge in [0.2, 0.25) is 0 Å². The standard InChI is InChI=1S/C22H30O3/c1-2-3-4-5-6-7-8-9-10-11-12-13-14-15-16-17-18-21(23)19-20-22(24)25/h3-4,6-7,9-10,12-13,15-18H,2,5,8,11,14,19-20H2,1H3,(H,24,25)/b4-3-,7-6-,10-9-,13-12+,16-15-,18-17+. The second-order valence-corrected chi connectivity index (χ2v) is 5.38. The van der Waals surface area contributed by atoms with Crippen LogP contribution in [0.25, 0.3) is 0 Å². The normalized spacial score (nSPS) is 12.8. The summed E-state index contributed by atoms with van der Waals surface area (Å²) in [7, 11) is 0. The number of carboxylic acids is 1. The molecule has 0 aromatic heterocycles. The fraction of sp³-hybridized carbons (Fsp3) is 0.364. The van der Waals surface area contributed by atoms with Gasteiger partial charge in [0, 0.05) is 6.42 Å². The molecule has 136 valence electrons. The van der Waals surface area contributed by atoms with Gasteiger partial charge in [-0.3, -0.25) is 9.59 Å². The first-order valence-corrected chi connectivity index (χ1v) is 8.84. The van der Waals surface area contributed by atoms with E-state index in [-0.39, 0.29) is 18.6 Å². The molecule has 0 spiro atoms. The second-order valence-electron chi connectivity index (χ2n) is 5.38. The van der Waals surface area contributed by atoms with E-state index >= 15 is 0 Å². The summed E-state index contributed by atoms with van der Waals surface area (Å²) in [5.41, 5.74) is 0. The predicted molar refractivity (Wildman–Crippen MR) is 105 cm³/mol. The van der Waals surface area contributed by atoms with Gasteiger partial charge in [0.25, 0.3) is 0 Å². The van der Waals surface area contributed by atoms with Crippen molar-refractivity contribution in [2.24, 2.45) is 0 Å². The van der Waals surface area contributed by atoms with E-state index in [1.807, 2.05) is 6.08 Å². The first-order valence-electron chi connectivity index (χ1n) is 8.84. The zero-order valence-electron chi connectivity index (χ0n) is 15.1. The number of carbonyl (C=O) groups excluding carboxylic acids is 1. The van der Waals surface area contributed by atoms with E-state index in [4.69, 9.17) is 5.11 Å². The summed E-state index contributed by atoms with van der Waals surface area (Å²) in [5.74, 6) is -1.11. The minimum absolute atomic E-state index is 0.0521. The molecule has 0 aliphatic rings. The quantitative estimate of drug-likeness (QED) is 0.249. The molecule has 0 saturated carbocycles. The molecule has 0 saturated heterocycles. The summed E-state index contributed by atoms with van der Waals surface area (Å²) in [4.78, 5) is 21.6. The molecule has 0 rings (SSSR count). The molecule has 0 aliphatic carbocycles. The van der Waals surface area contributed by atoms with Gasteiger partial charge >= 0.3 is 5.97 Å². The van der Waals surface area contributed by atoms with E-state index in [1.54, 1.807) is 12.2 Å². The van der Waals surface area contributed by atoms with Crippen molar-refractivity contribution in [3.63, 3.8) is 0 Å². The lowest BCUT2D eigenvalue weighted by Crippen LogP contribution is -1.99. The predicted octanol–water partition coefficient (Wildman–Crippen LogP) is 5.73.